The summed E-state index contributed by atoms with van der Waals surface area (Å²) in [6, 6.07) is 14.6. The van der Waals surface area contributed by atoms with Crippen molar-refractivity contribution in [2.24, 2.45) is 5.10 Å². The molecule has 1 amide bonds. The van der Waals surface area contributed by atoms with Gasteiger partial charge in [-0.1, -0.05) is 41.1 Å². The van der Waals surface area contributed by atoms with Crippen LogP contribution in [0.5, 0.6) is 5.75 Å². The van der Waals surface area contributed by atoms with Crippen LogP contribution in [0.15, 0.2) is 58.1 Å². The van der Waals surface area contributed by atoms with Gasteiger partial charge in [-0.3, -0.25) is 4.79 Å². The predicted molar refractivity (Wildman–Crippen MR) is 91.4 cm³/mol. The number of nitrogens with one attached hydrogen (secondary N) is 1. The van der Waals surface area contributed by atoms with E-state index in [0.717, 1.165) is 22.2 Å². The molecular formula is C17H17BrN2O2. The molecule has 0 aliphatic rings. The fraction of sp³-hybridized carbons (Fsp3) is 0.176. The first kappa shape index (κ1) is 16.2. The Kier molecular flexibility index (Phi) is 6.15. The van der Waals surface area contributed by atoms with E-state index in [1.807, 2.05) is 43.3 Å². The summed E-state index contributed by atoms with van der Waals surface area (Å²) in [4.78, 5) is 11.9. The molecule has 0 aromatic heterocycles. The molecule has 5 heteroatoms. The van der Waals surface area contributed by atoms with Crippen molar-refractivity contribution in [2.45, 2.75) is 13.3 Å². The molecule has 0 aliphatic carbocycles. The molecule has 0 atom stereocenters. The smallest absolute Gasteiger partial charge is 0.271 e. The number of hydrazone groups is 1. The number of carbonyl (C=O) groups is 1. The zero-order valence-electron chi connectivity index (χ0n) is 12.3. The molecular weight excluding hydrogens is 344 g/mol. The van der Waals surface area contributed by atoms with E-state index in [9.17, 15) is 4.79 Å². The largest absolute Gasteiger partial charge is 0.493 e. The summed E-state index contributed by atoms with van der Waals surface area (Å²) in [5.74, 6) is 0.491. The summed E-state index contributed by atoms with van der Waals surface area (Å²) < 4.78 is 6.58. The Morgan fingerprint density at radius 2 is 2.05 bits per heavy atom. The van der Waals surface area contributed by atoms with Gasteiger partial charge in [-0.05, 0) is 36.8 Å². The highest BCUT2D eigenvalue weighted by atomic mass is 79.9. The van der Waals surface area contributed by atoms with Crippen molar-refractivity contribution in [2.75, 3.05) is 6.61 Å². The number of nitrogens with zero attached hydrogens (tertiary/aromatic N) is 1. The number of amides is 1. The summed E-state index contributed by atoms with van der Waals surface area (Å²) in [6.45, 7) is 2.69. The van der Waals surface area contributed by atoms with Gasteiger partial charge < -0.3 is 4.74 Å². The fourth-order valence-electron chi connectivity index (χ4n) is 1.78. The number of benzene rings is 2. The van der Waals surface area contributed by atoms with Crippen LogP contribution in [-0.2, 0) is 0 Å². The van der Waals surface area contributed by atoms with E-state index in [4.69, 9.17) is 4.74 Å². The Balaban J connectivity index is 2.06. The second-order valence-electron chi connectivity index (χ2n) is 4.60. The summed E-state index contributed by atoms with van der Waals surface area (Å²) in [5.41, 5.74) is 3.88. The Labute approximate surface area is 138 Å². The molecule has 0 heterocycles. The first-order chi connectivity index (χ1) is 10.7. The van der Waals surface area contributed by atoms with Crippen LogP contribution < -0.4 is 10.2 Å². The lowest BCUT2D eigenvalue weighted by atomic mass is 10.2. The highest BCUT2D eigenvalue weighted by Gasteiger charge is 2.04. The number of hydrogen-bond acceptors (Lipinski definition) is 3. The molecule has 0 aliphatic heterocycles. The van der Waals surface area contributed by atoms with Gasteiger partial charge in [0.2, 0.25) is 0 Å². The normalized spacial score (nSPS) is 10.6. The van der Waals surface area contributed by atoms with Crippen LogP contribution in [0.1, 0.15) is 29.3 Å². The molecule has 0 bridgehead atoms. The third-order valence-corrected chi connectivity index (χ3v) is 3.33. The zero-order chi connectivity index (χ0) is 15.8. The van der Waals surface area contributed by atoms with Crippen molar-refractivity contribution >= 4 is 28.1 Å². The van der Waals surface area contributed by atoms with E-state index in [1.54, 1.807) is 18.3 Å². The highest BCUT2D eigenvalue weighted by Crippen LogP contribution is 2.21. The molecule has 0 unspecified atom stereocenters. The predicted octanol–water partition coefficient (Wildman–Crippen LogP) is 4.00. The van der Waals surface area contributed by atoms with E-state index in [-0.39, 0.29) is 5.91 Å². The van der Waals surface area contributed by atoms with Gasteiger partial charge in [0.15, 0.2) is 0 Å². The van der Waals surface area contributed by atoms with Gasteiger partial charge in [-0.15, -0.1) is 0 Å². The quantitative estimate of drug-likeness (QED) is 0.625. The van der Waals surface area contributed by atoms with Crippen LogP contribution in [0.3, 0.4) is 0 Å². The Morgan fingerprint density at radius 1 is 1.27 bits per heavy atom. The molecule has 2 rings (SSSR count). The van der Waals surface area contributed by atoms with E-state index in [0.29, 0.717) is 12.2 Å². The summed E-state index contributed by atoms with van der Waals surface area (Å²) in [7, 11) is 0. The third kappa shape index (κ3) is 4.70. The molecule has 0 saturated heterocycles. The monoisotopic (exact) mass is 360 g/mol. The molecule has 2 aromatic carbocycles. The van der Waals surface area contributed by atoms with Gasteiger partial charge in [0.1, 0.15) is 5.75 Å². The fourth-order valence-corrected chi connectivity index (χ4v) is 2.16. The van der Waals surface area contributed by atoms with Gasteiger partial charge in [-0.25, -0.2) is 5.43 Å². The molecule has 114 valence electrons. The molecule has 4 nitrogen and oxygen atoms in total. The van der Waals surface area contributed by atoms with Crippen molar-refractivity contribution in [1.29, 1.82) is 0 Å². The Morgan fingerprint density at radius 3 is 2.77 bits per heavy atom. The summed E-state index contributed by atoms with van der Waals surface area (Å²) in [6.07, 6.45) is 2.51. The minimum absolute atomic E-state index is 0.247. The number of carbonyl (C=O) groups excluding carboxylic acids is 1. The SMILES string of the molecule is CCCOc1ccc(Br)cc1/C=N/NC(=O)c1ccccc1. The zero-order valence-corrected chi connectivity index (χ0v) is 13.8. The molecule has 0 fully saturated rings. The second kappa shape index (κ2) is 8.34. The van der Waals surface area contributed by atoms with Gasteiger partial charge in [0, 0.05) is 15.6 Å². The maximum atomic E-state index is 11.9. The highest BCUT2D eigenvalue weighted by molar-refractivity contribution is 9.10. The van der Waals surface area contributed by atoms with E-state index < -0.39 is 0 Å². The van der Waals surface area contributed by atoms with Crippen LogP contribution in [-0.4, -0.2) is 18.7 Å². The van der Waals surface area contributed by atoms with E-state index >= 15 is 0 Å². The first-order valence-corrected chi connectivity index (χ1v) is 7.81. The third-order valence-electron chi connectivity index (χ3n) is 2.84. The lowest BCUT2D eigenvalue weighted by molar-refractivity contribution is 0.0955. The van der Waals surface area contributed by atoms with Crippen LogP contribution in [0.2, 0.25) is 0 Å². The Bertz CT molecular complexity index is 657. The van der Waals surface area contributed by atoms with Gasteiger partial charge in [0.05, 0.1) is 12.8 Å². The standard InChI is InChI=1S/C17H17BrN2O2/c1-2-10-22-16-9-8-15(18)11-14(16)12-19-20-17(21)13-6-4-3-5-7-13/h3-9,11-12H,2,10H2,1H3,(H,20,21)/b19-12+. The van der Waals surface area contributed by atoms with Gasteiger partial charge >= 0.3 is 0 Å². The molecule has 2 aromatic rings. The van der Waals surface area contributed by atoms with Crippen molar-refractivity contribution < 1.29 is 9.53 Å². The van der Waals surface area contributed by atoms with E-state index in [1.165, 1.54) is 0 Å². The lowest BCUT2D eigenvalue weighted by Gasteiger charge is -2.08. The van der Waals surface area contributed by atoms with Crippen molar-refractivity contribution in [1.82, 2.24) is 5.43 Å². The van der Waals surface area contributed by atoms with Gasteiger partial charge in [0.25, 0.3) is 5.91 Å². The summed E-state index contributed by atoms with van der Waals surface area (Å²) >= 11 is 3.42. The Hall–Kier alpha value is -2.14. The molecule has 0 saturated carbocycles. The minimum atomic E-state index is -0.247. The number of rotatable bonds is 6. The van der Waals surface area contributed by atoms with Crippen LogP contribution in [0, 0.1) is 0 Å². The minimum Gasteiger partial charge on any atom is -0.493 e. The maximum absolute atomic E-state index is 11.9. The molecule has 0 spiro atoms. The molecule has 0 radical (unpaired) electrons. The number of ether oxygens (including phenoxy) is 1. The average Bonchev–Trinajstić information content (AvgIpc) is 2.55. The first-order valence-electron chi connectivity index (χ1n) is 7.01. The van der Waals surface area contributed by atoms with Crippen LogP contribution in [0.25, 0.3) is 0 Å². The number of halogens is 1. The average molecular weight is 361 g/mol. The van der Waals surface area contributed by atoms with E-state index in [2.05, 4.69) is 26.5 Å². The summed E-state index contributed by atoms with van der Waals surface area (Å²) in [5, 5.41) is 4.00. The van der Waals surface area contributed by atoms with Crippen molar-refractivity contribution in [3.8, 4) is 5.75 Å². The number of hydrogen-bond donors (Lipinski definition) is 1. The van der Waals surface area contributed by atoms with Crippen molar-refractivity contribution in [3.05, 3.63) is 64.1 Å². The molecule has 1 N–H and O–H groups in total. The van der Waals surface area contributed by atoms with Gasteiger partial charge in [-0.2, -0.15) is 5.10 Å². The van der Waals surface area contributed by atoms with Crippen LogP contribution >= 0.6 is 15.9 Å². The second-order valence-corrected chi connectivity index (χ2v) is 5.51. The molecule has 22 heavy (non-hydrogen) atoms. The maximum Gasteiger partial charge on any atom is 0.271 e. The van der Waals surface area contributed by atoms with Crippen molar-refractivity contribution in [3.63, 3.8) is 0 Å². The topological polar surface area (TPSA) is 50.7 Å². The lowest BCUT2D eigenvalue weighted by Crippen LogP contribution is -2.17. The van der Waals surface area contributed by atoms with Crippen LogP contribution in [0.4, 0.5) is 0 Å².